The number of thioether (sulfide) groups is 1. The average Bonchev–Trinajstić information content (AvgIpc) is 3.25. The number of nitrogens with one attached hydrogen (secondary N) is 2. The van der Waals surface area contributed by atoms with Crippen LogP contribution in [0.2, 0.25) is 0 Å². The van der Waals surface area contributed by atoms with Gasteiger partial charge in [0.05, 0.1) is 11.8 Å². The van der Waals surface area contributed by atoms with Crippen molar-refractivity contribution >= 4 is 17.7 Å². The summed E-state index contributed by atoms with van der Waals surface area (Å²) >= 11 is 1.27. The molecule has 1 fully saturated rings. The van der Waals surface area contributed by atoms with Gasteiger partial charge in [0.2, 0.25) is 11.1 Å². The van der Waals surface area contributed by atoms with Crippen LogP contribution in [0.25, 0.3) is 0 Å². The first-order valence-electron chi connectivity index (χ1n) is 7.83. The summed E-state index contributed by atoms with van der Waals surface area (Å²) in [4.78, 5) is 16.4. The Morgan fingerprint density at radius 2 is 2.29 bits per heavy atom. The summed E-state index contributed by atoms with van der Waals surface area (Å²) in [7, 11) is 0. The maximum absolute atomic E-state index is 12.9. The van der Waals surface area contributed by atoms with Crippen molar-refractivity contribution in [1.29, 1.82) is 0 Å². The van der Waals surface area contributed by atoms with E-state index >= 15 is 0 Å². The van der Waals surface area contributed by atoms with Crippen LogP contribution in [0.1, 0.15) is 43.3 Å². The number of carbonyl (C=O) groups is 1. The van der Waals surface area contributed by atoms with Crippen LogP contribution in [0.5, 0.6) is 0 Å². The molecule has 1 saturated heterocycles. The van der Waals surface area contributed by atoms with Gasteiger partial charge in [-0.25, -0.2) is 9.37 Å². The lowest BCUT2D eigenvalue weighted by molar-refractivity contribution is -0.119. The number of rotatable bonds is 6. The minimum absolute atomic E-state index is 0.0147. The molecule has 2 N–H and O–H groups in total. The van der Waals surface area contributed by atoms with E-state index in [1.54, 1.807) is 12.1 Å². The highest BCUT2D eigenvalue weighted by molar-refractivity contribution is 7.99. The van der Waals surface area contributed by atoms with Gasteiger partial charge in [-0.15, -0.1) is 5.10 Å². The second-order valence-electron chi connectivity index (χ2n) is 5.63. The zero-order valence-corrected chi connectivity index (χ0v) is 14.1. The lowest BCUT2D eigenvalue weighted by atomic mass is 10.1. The van der Waals surface area contributed by atoms with E-state index < -0.39 is 0 Å². The lowest BCUT2D eigenvalue weighted by Gasteiger charge is -2.13. The molecule has 2 atom stereocenters. The Bertz CT molecular complexity index is 686. The Kier molecular flexibility index (Phi) is 5.47. The van der Waals surface area contributed by atoms with E-state index in [1.165, 1.54) is 23.9 Å². The third-order valence-electron chi connectivity index (χ3n) is 3.80. The first-order valence-corrected chi connectivity index (χ1v) is 8.82. The zero-order chi connectivity index (χ0) is 16.9. The largest absolute Gasteiger partial charge is 0.370 e. The van der Waals surface area contributed by atoms with Gasteiger partial charge in [-0.2, -0.15) is 0 Å². The molecule has 1 aliphatic rings. The van der Waals surface area contributed by atoms with Crippen molar-refractivity contribution in [2.45, 2.75) is 37.1 Å². The molecule has 24 heavy (non-hydrogen) atoms. The maximum atomic E-state index is 12.9. The van der Waals surface area contributed by atoms with Crippen molar-refractivity contribution in [3.05, 3.63) is 41.5 Å². The van der Waals surface area contributed by atoms with Crippen LogP contribution < -0.4 is 5.32 Å². The number of aromatic amines is 1. The van der Waals surface area contributed by atoms with Crippen molar-refractivity contribution in [2.75, 3.05) is 12.4 Å². The fraction of sp³-hybridized carbons (Fsp3) is 0.438. The SMILES string of the molecule is CC(NC(=O)CSc1n[nH]c(C2CCCO2)n1)c1ccc(F)cc1. The van der Waals surface area contributed by atoms with Crippen LogP contribution in [0.3, 0.4) is 0 Å². The topological polar surface area (TPSA) is 79.9 Å². The van der Waals surface area contributed by atoms with Gasteiger partial charge in [0, 0.05) is 6.61 Å². The van der Waals surface area contributed by atoms with E-state index in [2.05, 4.69) is 20.5 Å². The second-order valence-corrected chi connectivity index (χ2v) is 6.58. The van der Waals surface area contributed by atoms with E-state index in [9.17, 15) is 9.18 Å². The van der Waals surface area contributed by atoms with E-state index in [0.29, 0.717) is 5.16 Å². The van der Waals surface area contributed by atoms with Crippen molar-refractivity contribution in [2.24, 2.45) is 0 Å². The van der Waals surface area contributed by atoms with E-state index in [4.69, 9.17) is 4.74 Å². The standard InChI is InChI=1S/C16H19FN4O2S/c1-10(11-4-6-12(17)7-5-11)18-14(22)9-24-16-19-15(20-21-16)13-3-2-8-23-13/h4-7,10,13H,2-3,8-9H2,1H3,(H,18,22)(H,19,20,21). The Hall–Kier alpha value is -1.93. The molecular formula is C16H19FN4O2S. The first-order chi connectivity index (χ1) is 11.6. The van der Waals surface area contributed by atoms with Gasteiger partial charge >= 0.3 is 0 Å². The number of benzene rings is 1. The minimum atomic E-state index is -0.292. The fourth-order valence-corrected chi connectivity index (χ4v) is 3.12. The number of aromatic nitrogens is 3. The monoisotopic (exact) mass is 350 g/mol. The molecule has 1 amide bonds. The van der Waals surface area contributed by atoms with Crippen molar-refractivity contribution < 1.29 is 13.9 Å². The van der Waals surface area contributed by atoms with Gasteiger partial charge in [0.15, 0.2) is 5.82 Å². The molecule has 0 aliphatic carbocycles. The number of hydrogen-bond acceptors (Lipinski definition) is 5. The molecule has 1 aromatic carbocycles. The van der Waals surface area contributed by atoms with Crippen molar-refractivity contribution in [3.8, 4) is 0 Å². The molecule has 0 saturated carbocycles. The van der Waals surface area contributed by atoms with Crippen LogP contribution in [0, 0.1) is 5.82 Å². The molecule has 128 valence electrons. The van der Waals surface area contributed by atoms with E-state index in [1.807, 2.05) is 6.92 Å². The third kappa shape index (κ3) is 4.33. The Labute approximate surface area is 143 Å². The second kappa shape index (κ2) is 7.76. The lowest BCUT2D eigenvalue weighted by Crippen LogP contribution is -2.28. The Morgan fingerprint density at radius 1 is 1.50 bits per heavy atom. The number of ether oxygens (including phenoxy) is 1. The maximum Gasteiger partial charge on any atom is 0.230 e. The summed E-state index contributed by atoms with van der Waals surface area (Å²) in [6.07, 6.45) is 1.95. The molecule has 3 rings (SSSR count). The van der Waals surface area contributed by atoms with Gasteiger partial charge in [0.1, 0.15) is 11.9 Å². The molecule has 0 radical (unpaired) electrons. The smallest absolute Gasteiger partial charge is 0.230 e. The summed E-state index contributed by atoms with van der Waals surface area (Å²) < 4.78 is 18.5. The highest BCUT2D eigenvalue weighted by Gasteiger charge is 2.21. The normalized spacial score (nSPS) is 18.5. The summed E-state index contributed by atoms with van der Waals surface area (Å²) in [6, 6.07) is 5.90. The molecule has 2 aromatic rings. The fourth-order valence-electron chi connectivity index (χ4n) is 2.51. The summed E-state index contributed by atoms with van der Waals surface area (Å²) in [5.74, 6) is 0.517. The molecular weight excluding hydrogens is 331 g/mol. The Balaban J connectivity index is 1.47. The highest BCUT2D eigenvalue weighted by Crippen LogP contribution is 2.26. The van der Waals surface area contributed by atoms with Gasteiger partial charge in [-0.1, -0.05) is 23.9 Å². The predicted molar refractivity (Wildman–Crippen MR) is 88.0 cm³/mol. The average molecular weight is 350 g/mol. The number of H-pyrrole nitrogens is 1. The summed E-state index contributed by atoms with van der Waals surface area (Å²) in [5, 5.41) is 10.4. The molecule has 2 unspecified atom stereocenters. The van der Waals surface area contributed by atoms with Crippen molar-refractivity contribution in [3.63, 3.8) is 0 Å². The number of nitrogens with zero attached hydrogens (tertiary/aromatic N) is 2. The molecule has 0 bridgehead atoms. The molecule has 1 aromatic heterocycles. The molecule has 0 spiro atoms. The van der Waals surface area contributed by atoms with Gasteiger partial charge in [0.25, 0.3) is 0 Å². The van der Waals surface area contributed by atoms with Gasteiger partial charge in [-0.3, -0.25) is 9.89 Å². The Morgan fingerprint density at radius 3 is 3.00 bits per heavy atom. The van der Waals surface area contributed by atoms with Crippen LogP contribution in [0.4, 0.5) is 4.39 Å². The number of halogens is 1. The molecule has 6 nitrogen and oxygen atoms in total. The predicted octanol–water partition coefficient (Wildman–Crippen LogP) is 2.76. The third-order valence-corrected chi connectivity index (χ3v) is 4.64. The quantitative estimate of drug-likeness (QED) is 0.783. The zero-order valence-electron chi connectivity index (χ0n) is 13.3. The van der Waals surface area contributed by atoms with E-state index in [0.717, 1.165) is 30.8 Å². The van der Waals surface area contributed by atoms with Crippen LogP contribution in [-0.4, -0.2) is 33.4 Å². The van der Waals surface area contributed by atoms with E-state index in [-0.39, 0.29) is 29.6 Å². The highest BCUT2D eigenvalue weighted by atomic mass is 32.2. The van der Waals surface area contributed by atoms with Gasteiger partial charge < -0.3 is 10.1 Å². The molecule has 2 heterocycles. The van der Waals surface area contributed by atoms with Gasteiger partial charge in [-0.05, 0) is 37.5 Å². The minimum Gasteiger partial charge on any atom is -0.370 e. The summed E-state index contributed by atoms with van der Waals surface area (Å²) in [5.41, 5.74) is 0.855. The number of hydrogen-bond donors (Lipinski definition) is 2. The first kappa shape index (κ1) is 16.9. The number of carbonyl (C=O) groups excluding carboxylic acids is 1. The van der Waals surface area contributed by atoms with Crippen LogP contribution >= 0.6 is 11.8 Å². The molecule has 1 aliphatic heterocycles. The molecule has 8 heteroatoms. The summed E-state index contributed by atoms with van der Waals surface area (Å²) in [6.45, 7) is 2.61. The van der Waals surface area contributed by atoms with Crippen LogP contribution in [0.15, 0.2) is 29.4 Å². The number of amides is 1. The van der Waals surface area contributed by atoms with Crippen molar-refractivity contribution in [1.82, 2.24) is 20.5 Å². The van der Waals surface area contributed by atoms with Crippen LogP contribution in [-0.2, 0) is 9.53 Å².